The molecule has 1 aromatic rings. The second kappa shape index (κ2) is 9.02. The second-order valence-corrected chi connectivity index (χ2v) is 8.75. The summed E-state index contributed by atoms with van der Waals surface area (Å²) in [7, 11) is 0. The van der Waals surface area contributed by atoms with Gasteiger partial charge < -0.3 is 15.4 Å². The molecule has 6 nitrogen and oxygen atoms in total. The normalized spacial score (nSPS) is 14.0. The minimum absolute atomic E-state index is 0.285. The first-order valence-electron chi connectivity index (χ1n) is 9.05. The van der Waals surface area contributed by atoms with Crippen molar-refractivity contribution in [2.24, 2.45) is 5.41 Å². The number of alkyl carbamates (subject to hydrolysis) is 1. The van der Waals surface area contributed by atoms with E-state index in [0.29, 0.717) is 0 Å². The van der Waals surface area contributed by atoms with Gasteiger partial charge >= 0.3 is 6.09 Å². The number of ether oxygens (including phenoxy) is 1. The third kappa shape index (κ3) is 7.81. The number of hydrogen-bond acceptors (Lipinski definition) is 4. The van der Waals surface area contributed by atoms with Crippen molar-refractivity contribution in [2.45, 2.75) is 72.6 Å². The van der Waals surface area contributed by atoms with Gasteiger partial charge in [0, 0.05) is 6.42 Å². The standard InChI is InChI=1S/C21H31N2O4/c1-14-10-8-9-11-15(14)12-16(22-19(26)27-21(5,6)7)18(25)23-17(13-24)20(2,3)4/h8-11,16-17H,12H2,1-7H3,(H,22,26)(H,23,25)/t16-,17+/m0/s1. The van der Waals surface area contributed by atoms with E-state index < -0.39 is 35.1 Å². The van der Waals surface area contributed by atoms with E-state index in [1.165, 1.54) is 0 Å². The quantitative estimate of drug-likeness (QED) is 0.800. The summed E-state index contributed by atoms with van der Waals surface area (Å²) >= 11 is 0. The Balaban J connectivity index is 3.02. The van der Waals surface area contributed by atoms with Crippen LogP contribution in [0.1, 0.15) is 52.7 Å². The highest BCUT2D eigenvalue weighted by Crippen LogP contribution is 2.18. The zero-order chi connectivity index (χ0) is 20.8. The van der Waals surface area contributed by atoms with Crippen molar-refractivity contribution < 1.29 is 19.1 Å². The van der Waals surface area contributed by atoms with Crippen molar-refractivity contribution >= 4 is 18.3 Å². The summed E-state index contributed by atoms with van der Waals surface area (Å²) in [5, 5.41) is 5.31. The number of amides is 2. The first-order chi connectivity index (χ1) is 12.3. The molecule has 0 saturated heterocycles. The van der Waals surface area contributed by atoms with Gasteiger partial charge in [-0.1, -0.05) is 45.0 Å². The number of carbonyl (C=O) groups is 2. The lowest BCUT2D eigenvalue weighted by molar-refractivity contribution is -0.124. The number of hydrogen-bond donors (Lipinski definition) is 2. The molecule has 6 heteroatoms. The molecule has 0 unspecified atom stereocenters. The first kappa shape index (κ1) is 22.7. The molecule has 0 heterocycles. The molecule has 1 aromatic carbocycles. The van der Waals surface area contributed by atoms with Crippen molar-refractivity contribution in [3.63, 3.8) is 0 Å². The van der Waals surface area contributed by atoms with Gasteiger partial charge in [-0.25, -0.2) is 4.79 Å². The second-order valence-electron chi connectivity index (χ2n) is 8.75. The summed E-state index contributed by atoms with van der Waals surface area (Å²) in [6, 6.07) is 5.96. The summed E-state index contributed by atoms with van der Waals surface area (Å²) in [5.41, 5.74) is 0.765. The molecule has 2 amide bonds. The lowest BCUT2D eigenvalue weighted by atomic mass is 9.87. The number of aryl methyl sites for hydroxylation is 1. The molecular formula is C21H31N2O4. The highest BCUT2D eigenvalue weighted by molar-refractivity contribution is 5.88. The highest BCUT2D eigenvalue weighted by Gasteiger charge is 2.31. The molecule has 0 saturated carbocycles. The molecule has 0 fully saturated rings. The fraction of sp³-hybridized carbons (Fsp3) is 0.571. The molecule has 149 valence electrons. The van der Waals surface area contributed by atoms with Crippen LogP contribution in [0, 0.1) is 12.3 Å². The van der Waals surface area contributed by atoms with E-state index in [2.05, 4.69) is 10.6 Å². The average Bonchev–Trinajstić information content (AvgIpc) is 2.50. The Morgan fingerprint density at radius 2 is 1.67 bits per heavy atom. The van der Waals surface area contributed by atoms with Gasteiger partial charge in [0.1, 0.15) is 17.7 Å². The summed E-state index contributed by atoms with van der Waals surface area (Å²) in [6.07, 6.45) is 1.47. The first-order valence-corrected chi connectivity index (χ1v) is 9.05. The SMILES string of the molecule is Cc1ccccc1C[C@H](NC(=O)OC(C)(C)C)C(=O)N[C@H]([C]=O)C(C)(C)C. The maximum Gasteiger partial charge on any atom is 0.408 e. The molecule has 2 atom stereocenters. The maximum atomic E-state index is 12.8. The summed E-state index contributed by atoms with van der Waals surface area (Å²) in [6.45, 7) is 12.7. The van der Waals surface area contributed by atoms with Crippen molar-refractivity contribution in [3.8, 4) is 0 Å². The summed E-state index contributed by atoms with van der Waals surface area (Å²) in [5.74, 6) is -0.451. The molecule has 0 aliphatic rings. The van der Waals surface area contributed by atoms with Crippen LogP contribution in [0.5, 0.6) is 0 Å². The number of nitrogens with one attached hydrogen (secondary N) is 2. The van der Waals surface area contributed by atoms with Gasteiger partial charge in [0.25, 0.3) is 0 Å². The Bertz CT molecular complexity index is 671. The van der Waals surface area contributed by atoms with Crippen LogP contribution in [0.25, 0.3) is 0 Å². The van der Waals surface area contributed by atoms with Crippen LogP contribution < -0.4 is 10.6 Å². The van der Waals surface area contributed by atoms with Gasteiger partial charge in [-0.05, 0) is 44.2 Å². The molecule has 1 rings (SSSR count). The van der Waals surface area contributed by atoms with Crippen molar-refractivity contribution in [1.82, 2.24) is 10.6 Å². The van der Waals surface area contributed by atoms with Gasteiger partial charge in [0.15, 0.2) is 0 Å². The fourth-order valence-corrected chi connectivity index (χ4v) is 2.38. The third-order valence-electron chi connectivity index (χ3n) is 3.96. The van der Waals surface area contributed by atoms with Crippen molar-refractivity contribution in [1.29, 1.82) is 0 Å². The maximum absolute atomic E-state index is 12.8. The van der Waals surface area contributed by atoms with Gasteiger partial charge in [0.05, 0.1) is 0 Å². The van der Waals surface area contributed by atoms with Crippen LogP contribution in [0.15, 0.2) is 24.3 Å². The van der Waals surface area contributed by atoms with Crippen LogP contribution >= 0.6 is 0 Å². The topological polar surface area (TPSA) is 84.5 Å². The van der Waals surface area contributed by atoms with E-state index in [1.807, 2.05) is 58.2 Å². The van der Waals surface area contributed by atoms with Gasteiger partial charge in [-0.2, -0.15) is 0 Å². The lowest BCUT2D eigenvalue weighted by Crippen LogP contribution is -2.54. The molecule has 0 aromatic heterocycles. The Labute approximate surface area is 162 Å². The van der Waals surface area contributed by atoms with E-state index in [0.717, 1.165) is 11.1 Å². The Morgan fingerprint density at radius 3 is 2.15 bits per heavy atom. The lowest BCUT2D eigenvalue weighted by Gasteiger charge is -2.29. The third-order valence-corrected chi connectivity index (χ3v) is 3.96. The van der Waals surface area contributed by atoms with Crippen molar-refractivity contribution in [3.05, 3.63) is 35.4 Å². The van der Waals surface area contributed by atoms with Crippen LogP contribution in [0.4, 0.5) is 4.79 Å². The number of rotatable bonds is 6. The van der Waals surface area contributed by atoms with Crippen molar-refractivity contribution in [2.75, 3.05) is 0 Å². The van der Waals surface area contributed by atoms with E-state index >= 15 is 0 Å². The molecule has 27 heavy (non-hydrogen) atoms. The molecule has 2 N–H and O–H groups in total. The smallest absolute Gasteiger partial charge is 0.408 e. The largest absolute Gasteiger partial charge is 0.444 e. The molecule has 0 spiro atoms. The van der Waals surface area contributed by atoms with E-state index in [-0.39, 0.29) is 6.42 Å². The fourth-order valence-electron chi connectivity index (χ4n) is 2.38. The Morgan fingerprint density at radius 1 is 1.07 bits per heavy atom. The van der Waals surface area contributed by atoms with Gasteiger partial charge in [-0.15, -0.1) is 0 Å². The zero-order valence-corrected chi connectivity index (χ0v) is 17.3. The summed E-state index contributed by atoms with van der Waals surface area (Å²) < 4.78 is 5.28. The summed E-state index contributed by atoms with van der Waals surface area (Å²) in [4.78, 5) is 36.3. The molecule has 0 aliphatic heterocycles. The number of benzene rings is 1. The van der Waals surface area contributed by atoms with E-state index in [9.17, 15) is 14.4 Å². The van der Waals surface area contributed by atoms with Crippen LogP contribution in [0.2, 0.25) is 0 Å². The average molecular weight is 375 g/mol. The minimum atomic E-state index is -0.876. The van der Waals surface area contributed by atoms with E-state index in [4.69, 9.17) is 4.74 Å². The molecule has 0 aliphatic carbocycles. The predicted octanol–water partition coefficient (Wildman–Crippen LogP) is 3.07. The highest BCUT2D eigenvalue weighted by atomic mass is 16.6. The Kier molecular flexibility index (Phi) is 7.57. The van der Waals surface area contributed by atoms with Crippen LogP contribution in [0.3, 0.4) is 0 Å². The minimum Gasteiger partial charge on any atom is -0.444 e. The predicted molar refractivity (Wildman–Crippen MR) is 105 cm³/mol. The molecule has 1 radical (unpaired) electrons. The van der Waals surface area contributed by atoms with E-state index in [1.54, 1.807) is 20.8 Å². The Hall–Kier alpha value is -2.37. The molecular weight excluding hydrogens is 344 g/mol. The molecule has 0 bridgehead atoms. The monoisotopic (exact) mass is 375 g/mol. The van der Waals surface area contributed by atoms with Gasteiger partial charge in [-0.3, -0.25) is 9.59 Å². The van der Waals surface area contributed by atoms with Gasteiger partial charge in [0.2, 0.25) is 12.2 Å². The van der Waals surface area contributed by atoms with Crippen LogP contribution in [-0.4, -0.2) is 36.0 Å². The zero-order valence-electron chi connectivity index (χ0n) is 17.3. The van der Waals surface area contributed by atoms with Crippen LogP contribution in [-0.2, 0) is 20.7 Å². The number of carbonyl (C=O) groups excluding carboxylic acids is 3.